The first-order valence-electron chi connectivity index (χ1n) is 9.90. The lowest BCUT2D eigenvalue weighted by molar-refractivity contribution is 0.355. The van der Waals surface area contributed by atoms with Gasteiger partial charge in [0.1, 0.15) is 5.76 Å². The molecular formula is C21H23N3O5S2. The summed E-state index contributed by atoms with van der Waals surface area (Å²) < 4.78 is 60.2. The highest BCUT2D eigenvalue weighted by Gasteiger charge is 2.29. The summed E-state index contributed by atoms with van der Waals surface area (Å²) in [5.74, 6) is 0.493. The molecule has 1 saturated heterocycles. The first kappa shape index (κ1) is 21.7. The maximum atomic E-state index is 13.4. The van der Waals surface area contributed by atoms with E-state index in [2.05, 4.69) is 4.98 Å². The largest absolute Gasteiger partial charge is 0.468 e. The molecule has 3 aromatic rings. The van der Waals surface area contributed by atoms with Crippen molar-refractivity contribution >= 4 is 20.0 Å². The van der Waals surface area contributed by atoms with Crippen LogP contribution in [0.4, 0.5) is 0 Å². The first-order chi connectivity index (χ1) is 14.9. The van der Waals surface area contributed by atoms with Crippen LogP contribution >= 0.6 is 0 Å². The van der Waals surface area contributed by atoms with Gasteiger partial charge < -0.3 is 4.42 Å². The molecule has 0 N–H and O–H groups in total. The standard InChI is InChI=1S/C21H23N3O5S2/c25-30(26,23-13-3-4-14-23)20-8-10-21(11-9-20)31(27,28)24(17-19-7-5-15-29-19)16-18-6-1-2-12-22-18/h1-2,5-12,15H,3-4,13-14,16-17H2. The Bertz CT molecular complexity index is 1200. The van der Waals surface area contributed by atoms with Crippen LogP contribution in [0.2, 0.25) is 0 Å². The Morgan fingerprint density at radius 2 is 1.58 bits per heavy atom. The summed E-state index contributed by atoms with van der Waals surface area (Å²) in [6.07, 6.45) is 4.76. The van der Waals surface area contributed by atoms with Crippen LogP contribution < -0.4 is 0 Å². The van der Waals surface area contributed by atoms with E-state index in [1.165, 1.54) is 39.1 Å². The number of hydrogen-bond donors (Lipinski definition) is 0. The third kappa shape index (κ3) is 4.72. The van der Waals surface area contributed by atoms with Crippen LogP contribution in [0.25, 0.3) is 0 Å². The van der Waals surface area contributed by atoms with Crippen LogP contribution in [0, 0.1) is 0 Å². The minimum absolute atomic E-state index is 0.00959. The molecule has 164 valence electrons. The van der Waals surface area contributed by atoms with E-state index in [9.17, 15) is 16.8 Å². The molecule has 1 aliphatic rings. The number of sulfonamides is 2. The number of benzene rings is 1. The monoisotopic (exact) mass is 461 g/mol. The summed E-state index contributed by atoms with van der Waals surface area (Å²) in [6, 6.07) is 14.1. The minimum Gasteiger partial charge on any atom is -0.468 e. The zero-order valence-electron chi connectivity index (χ0n) is 16.8. The number of rotatable bonds is 8. The van der Waals surface area contributed by atoms with E-state index in [-0.39, 0.29) is 22.9 Å². The molecule has 1 aliphatic heterocycles. The van der Waals surface area contributed by atoms with E-state index in [0.717, 1.165) is 12.8 Å². The molecule has 0 unspecified atom stereocenters. The second kappa shape index (κ2) is 8.91. The van der Waals surface area contributed by atoms with Gasteiger partial charge in [-0.3, -0.25) is 4.98 Å². The lowest BCUT2D eigenvalue weighted by atomic mass is 10.3. The average Bonchev–Trinajstić information content (AvgIpc) is 3.49. The van der Waals surface area contributed by atoms with Gasteiger partial charge in [0.05, 0.1) is 34.8 Å². The third-order valence-electron chi connectivity index (χ3n) is 5.14. The van der Waals surface area contributed by atoms with Crippen molar-refractivity contribution in [2.45, 2.75) is 35.7 Å². The topological polar surface area (TPSA) is 101 Å². The Morgan fingerprint density at radius 3 is 2.19 bits per heavy atom. The highest BCUT2D eigenvalue weighted by molar-refractivity contribution is 7.89. The van der Waals surface area contributed by atoms with Crippen molar-refractivity contribution in [1.29, 1.82) is 0 Å². The molecule has 0 bridgehead atoms. The van der Waals surface area contributed by atoms with Gasteiger partial charge >= 0.3 is 0 Å². The quantitative estimate of drug-likeness (QED) is 0.511. The number of hydrogen-bond acceptors (Lipinski definition) is 6. The number of pyridine rings is 1. The highest BCUT2D eigenvalue weighted by Crippen LogP contribution is 2.25. The number of furan rings is 1. The van der Waals surface area contributed by atoms with Gasteiger partial charge in [0.25, 0.3) is 0 Å². The van der Waals surface area contributed by atoms with E-state index >= 15 is 0 Å². The van der Waals surface area contributed by atoms with Gasteiger partial charge in [-0.05, 0) is 61.4 Å². The fourth-order valence-electron chi connectivity index (χ4n) is 3.48. The fraction of sp³-hybridized carbons (Fsp3) is 0.286. The van der Waals surface area contributed by atoms with Crippen molar-refractivity contribution in [2.24, 2.45) is 0 Å². The van der Waals surface area contributed by atoms with Crippen LogP contribution in [0.15, 0.2) is 81.3 Å². The molecule has 0 atom stereocenters. The highest BCUT2D eigenvalue weighted by atomic mass is 32.2. The van der Waals surface area contributed by atoms with E-state index in [4.69, 9.17) is 4.42 Å². The van der Waals surface area contributed by atoms with Crippen molar-refractivity contribution in [3.8, 4) is 0 Å². The Hall–Kier alpha value is -2.53. The smallest absolute Gasteiger partial charge is 0.243 e. The Kier molecular flexibility index (Phi) is 6.24. The predicted molar refractivity (Wildman–Crippen MR) is 114 cm³/mol. The molecule has 8 nitrogen and oxygen atoms in total. The van der Waals surface area contributed by atoms with E-state index < -0.39 is 20.0 Å². The summed E-state index contributed by atoms with van der Waals surface area (Å²) in [7, 11) is -7.54. The van der Waals surface area contributed by atoms with Gasteiger partial charge in [0, 0.05) is 19.3 Å². The molecule has 1 fully saturated rings. The molecule has 31 heavy (non-hydrogen) atoms. The van der Waals surface area contributed by atoms with Gasteiger partial charge in [-0.15, -0.1) is 0 Å². The normalized spacial score (nSPS) is 15.5. The van der Waals surface area contributed by atoms with Gasteiger partial charge in [-0.1, -0.05) is 6.07 Å². The van der Waals surface area contributed by atoms with E-state index in [1.54, 1.807) is 36.5 Å². The fourth-order valence-corrected chi connectivity index (χ4v) is 6.38. The summed E-state index contributed by atoms with van der Waals surface area (Å²) in [5.41, 5.74) is 0.589. The molecule has 1 aromatic carbocycles. The van der Waals surface area contributed by atoms with Gasteiger partial charge in [-0.25, -0.2) is 16.8 Å². The summed E-state index contributed by atoms with van der Waals surface area (Å²) in [4.78, 5) is 4.33. The van der Waals surface area contributed by atoms with Gasteiger partial charge in [0.15, 0.2) is 0 Å². The first-order valence-corrected chi connectivity index (χ1v) is 12.8. The molecule has 10 heteroatoms. The van der Waals surface area contributed by atoms with Crippen molar-refractivity contribution in [1.82, 2.24) is 13.6 Å². The van der Waals surface area contributed by atoms with Crippen LogP contribution in [-0.4, -0.2) is 43.5 Å². The lowest BCUT2D eigenvalue weighted by Gasteiger charge is -2.21. The predicted octanol–water partition coefficient (Wildman–Crippen LogP) is 2.85. The van der Waals surface area contributed by atoms with Crippen molar-refractivity contribution < 1.29 is 21.3 Å². The molecule has 0 saturated carbocycles. The van der Waals surface area contributed by atoms with Crippen molar-refractivity contribution in [2.75, 3.05) is 13.1 Å². The lowest BCUT2D eigenvalue weighted by Crippen LogP contribution is -2.31. The molecule has 0 spiro atoms. The molecule has 0 radical (unpaired) electrons. The van der Waals surface area contributed by atoms with Gasteiger partial charge in [0.2, 0.25) is 20.0 Å². The molecule has 2 aromatic heterocycles. The molecule has 0 aliphatic carbocycles. The summed E-state index contributed by atoms with van der Waals surface area (Å²) in [6.45, 7) is 1.06. The summed E-state index contributed by atoms with van der Waals surface area (Å²) in [5, 5.41) is 0. The Labute approximate surface area is 182 Å². The van der Waals surface area contributed by atoms with E-state index in [1.807, 2.05) is 0 Å². The number of aromatic nitrogens is 1. The number of nitrogens with zero attached hydrogens (tertiary/aromatic N) is 3. The van der Waals surface area contributed by atoms with E-state index in [0.29, 0.717) is 24.5 Å². The van der Waals surface area contributed by atoms with Crippen molar-refractivity contribution in [3.63, 3.8) is 0 Å². The second-order valence-corrected chi connectivity index (χ2v) is 11.1. The molecule has 3 heterocycles. The summed E-state index contributed by atoms with van der Waals surface area (Å²) >= 11 is 0. The second-order valence-electron chi connectivity index (χ2n) is 7.26. The Balaban J connectivity index is 1.63. The zero-order chi connectivity index (χ0) is 21.9. The maximum absolute atomic E-state index is 13.4. The molecule has 4 rings (SSSR count). The Morgan fingerprint density at radius 1 is 0.871 bits per heavy atom. The average molecular weight is 462 g/mol. The maximum Gasteiger partial charge on any atom is 0.243 e. The minimum atomic E-state index is -3.93. The van der Waals surface area contributed by atoms with Crippen LogP contribution in [-0.2, 0) is 33.1 Å². The van der Waals surface area contributed by atoms with Gasteiger partial charge in [-0.2, -0.15) is 8.61 Å². The van der Waals surface area contributed by atoms with Crippen LogP contribution in [0.5, 0.6) is 0 Å². The SMILES string of the molecule is O=S(=O)(c1ccc(S(=O)(=O)N(Cc2ccccn2)Cc2ccco2)cc1)N1CCCC1. The molecule has 0 amide bonds. The third-order valence-corrected chi connectivity index (χ3v) is 8.86. The van der Waals surface area contributed by atoms with Crippen molar-refractivity contribution in [3.05, 3.63) is 78.5 Å². The zero-order valence-corrected chi connectivity index (χ0v) is 18.4. The molecular weight excluding hydrogens is 438 g/mol. The van der Waals surface area contributed by atoms with Crippen LogP contribution in [0.1, 0.15) is 24.3 Å². The van der Waals surface area contributed by atoms with Crippen LogP contribution in [0.3, 0.4) is 0 Å².